The number of likely N-dealkylation sites (N-methyl/N-ethyl adjacent to an activating group) is 1. The monoisotopic (exact) mass is 564 g/mol. The van der Waals surface area contributed by atoms with Gasteiger partial charge in [-0.3, -0.25) is 28.9 Å². The molecule has 0 bridgehead atoms. The summed E-state index contributed by atoms with van der Waals surface area (Å²) in [4.78, 5) is 68.5. The van der Waals surface area contributed by atoms with Gasteiger partial charge in [-0.05, 0) is 62.7 Å². The summed E-state index contributed by atoms with van der Waals surface area (Å²) < 4.78 is 5.51. The number of nitrogens with zero attached hydrogens (tertiary/aromatic N) is 1. The predicted molar refractivity (Wildman–Crippen MR) is 143 cm³/mol. The molecule has 216 valence electrons. The number of Topliss-reactive ketones (excluding diaryl/α,β-unsaturated/α-hetero) is 4. The fraction of sp³-hybridized carbons (Fsp3) is 0.433. The van der Waals surface area contributed by atoms with Crippen LogP contribution in [-0.4, -0.2) is 87.7 Å². The van der Waals surface area contributed by atoms with E-state index in [1.165, 1.54) is 25.1 Å². The third-order valence-electron chi connectivity index (χ3n) is 8.84. The summed E-state index contributed by atoms with van der Waals surface area (Å²) in [6.45, 7) is 2.33. The quantitative estimate of drug-likeness (QED) is 0.349. The van der Waals surface area contributed by atoms with E-state index in [1.807, 2.05) is 6.92 Å². The molecule has 5 rings (SSSR count). The first-order valence-electron chi connectivity index (χ1n) is 13.4. The number of primary amides is 1. The van der Waals surface area contributed by atoms with E-state index in [9.17, 15) is 39.3 Å². The Morgan fingerprint density at radius 3 is 2.29 bits per heavy atom. The van der Waals surface area contributed by atoms with Crippen LogP contribution >= 0.6 is 0 Å². The molecule has 11 heteroatoms. The van der Waals surface area contributed by atoms with Crippen molar-refractivity contribution >= 4 is 29.0 Å². The predicted octanol–water partition coefficient (Wildman–Crippen LogP) is 0.0203. The van der Waals surface area contributed by atoms with Gasteiger partial charge in [0.1, 0.15) is 11.5 Å². The number of fused-ring (bicyclic) bond motifs is 3. The standard InChI is InChI=1S/C30H32N2O9/c1-4-41-14-10-8-13(9-11-14)12-16-15-6-5-7-17(33)18(15)24(34)20-19(16)25(35)22-23(32(2)3)26(36)21(29(31)39)28(38)30(22,40)27(20)37/h5-11,16,19-23,25,33,35,40H,4,12H2,1-3H3,(H2,31,39)/t16?,19-,20?,21?,22-,23+,25+,30+/m1/s1. The molecule has 41 heavy (non-hydrogen) atoms. The smallest absolute Gasteiger partial charge is 0.235 e. The minimum absolute atomic E-state index is 0.137. The van der Waals surface area contributed by atoms with Crippen LogP contribution in [-0.2, 0) is 25.6 Å². The van der Waals surface area contributed by atoms with Crippen LogP contribution in [0.4, 0.5) is 0 Å². The van der Waals surface area contributed by atoms with Gasteiger partial charge < -0.3 is 25.8 Å². The Balaban J connectivity index is 1.69. The number of carbonyl (C=O) groups is 5. The highest BCUT2D eigenvalue weighted by Gasteiger charge is 2.73. The minimum Gasteiger partial charge on any atom is -0.507 e. The van der Waals surface area contributed by atoms with Gasteiger partial charge in [-0.15, -0.1) is 0 Å². The van der Waals surface area contributed by atoms with Gasteiger partial charge in [0.15, 0.2) is 34.7 Å². The van der Waals surface area contributed by atoms with Crippen molar-refractivity contribution in [1.82, 2.24) is 4.90 Å². The van der Waals surface area contributed by atoms with E-state index < -0.39 is 76.4 Å². The number of hydrogen-bond acceptors (Lipinski definition) is 10. The Morgan fingerprint density at radius 1 is 1.05 bits per heavy atom. The van der Waals surface area contributed by atoms with E-state index in [1.54, 1.807) is 36.4 Å². The highest BCUT2D eigenvalue weighted by Crippen LogP contribution is 2.55. The van der Waals surface area contributed by atoms with Gasteiger partial charge in [0.25, 0.3) is 0 Å². The molecule has 3 aliphatic carbocycles. The van der Waals surface area contributed by atoms with Gasteiger partial charge in [0.2, 0.25) is 5.91 Å². The third-order valence-corrected chi connectivity index (χ3v) is 8.84. The number of phenolic OH excluding ortho intramolecular Hbond substituents is 1. The molecular formula is C30H32N2O9. The molecule has 3 unspecified atom stereocenters. The Morgan fingerprint density at radius 2 is 1.71 bits per heavy atom. The number of ketones is 4. The van der Waals surface area contributed by atoms with Crippen molar-refractivity contribution in [1.29, 1.82) is 0 Å². The van der Waals surface area contributed by atoms with Gasteiger partial charge in [-0.25, -0.2) is 0 Å². The van der Waals surface area contributed by atoms with Crippen molar-refractivity contribution < 1.29 is 44.0 Å². The number of nitrogens with two attached hydrogens (primary N) is 1. The molecule has 0 radical (unpaired) electrons. The fourth-order valence-electron chi connectivity index (χ4n) is 7.15. The summed E-state index contributed by atoms with van der Waals surface area (Å²) in [7, 11) is 2.91. The molecule has 2 fully saturated rings. The number of aliphatic hydroxyl groups excluding tert-OH is 1. The Labute approximate surface area is 235 Å². The SMILES string of the molecule is CCOc1ccc(CC2c3cccc(O)c3C(=O)C3C(=O)[C@]4(O)C(=O)C(C(N)=O)C(=O)[C@@H](N(C)C)[C@@H]4[C@@H](O)[C@@H]32)cc1. The lowest BCUT2D eigenvalue weighted by Crippen LogP contribution is -2.77. The van der Waals surface area contributed by atoms with Gasteiger partial charge in [0.05, 0.1) is 36.2 Å². The lowest BCUT2D eigenvalue weighted by Gasteiger charge is -2.56. The van der Waals surface area contributed by atoms with Gasteiger partial charge in [-0.1, -0.05) is 24.3 Å². The van der Waals surface area contributed by atoms with Crippen molar-refractivity contribution in [2.24, 2.45) is 29.4 Å². The summed E-state index contributed by atoms with van der Waals surface area (Å²) in [6, 6.07) is 10.2. The van der Waals surface area contributed by atoms with E-state index in [0.717, 1.165) is 5.56 Å². The maximum atomic E-state index is 14.2. The summed E-state index contributed by atoms with van der Waals surface area (Å²) in [5, 5.41) is 34.5. The number of phenols is 1. The zero-order valence-corrected chi connectivity index (χ0v) is 22.8. The van der Waals surface area contributed by atoms with Crippen LogP contribution in [0.5, 0.6) is 11.5 Å². The summed E-state index contributed by atoms with van der Waals surface area (Å²) in [6.07, 6.45) is -1.49. The number of hydrogen-bond donors (Lipinski definition) is 4. The second-order valence-electron chi connectivity index (χ2n) is 11.2. The Hall–Kier alpha value is -3.93. The van der Waals surface area contributed by atoms with Crippen molar-refractivity contribution in [3.8, 4) is 11.5 Å². The van der Waals surface area contributed by atoms with Crippen molar-refractivity contribution in [2.75, 3.05) is 20.7 Å². The van der Waals surface area contributed by atoms with Crippen LogP contribution in [0.3, 0.4) is 0 Å². The molecule has 3 aliphatic rings. The molecule has 2 saturated carbocycles. The van der Waals surface area contributed by atoms with E-state index in [-0.39, 0.29) is 17.7 Å². The maximum absolute atomic E-state index is 14.2. The summed E-state index contributed by atoms with van der Waals surface area (Å²) >= 11 is 0. The topological polar surface area (TPSA) is 185 Å². The molecule has 5 N–H and O–H groups in total. The molecule has 0 aliphatic heterocycles. The van der Waals surface area contributed by atoms with E-state index in [4.69, 9.17) is 10.5 Å². The van der Waals surface area contributed by atoms with Gasteiger partial charge >= 0.3 is 0 Å². The van der Waals surface area contributed by atoms with Crippen LogP contribution in [0, 0.1) is 23.7 Å². The molecule has 0 aromatic heterocycles. The number of benzene rings is 2. The van der Waals surface area contributed by atoms with Crippen molar-refractivity contribution in [3.05, 3.63) is 59.2 Å². The normalized spacial score (nSPS) is 32.8. The minimum atomic E-state index is -3.04. The van der Waals surface area contributed by atoms with Gasteiger partial charge in [0, 0.05) is 5.92 Å². The molecule has 2 aromatic carbocycles. The lowest BCUT2D eigenvalue weighted by atomic mass is 9.49. The molecule has 8 atom stereocenters. The molecule has 0 spiro atoms. The summed E-state index contributed by atoms with van der Waals surface area (Å²) in [5.74, 6) is -13.0. The zero-order valence-electron chi connectivity index (χ0n) is 22.8. The second kappa shape index (κ2) is 10.2. The molecule has 0 saturated heterocycles. The highest BCUT2D eigenvalue weighted by atomic mass is 16.5. The van der Waals surface area contributed by atoms with Crippen LogP contribution in [0.25, 0.3) is 0 Å². The molecule has 11 nitrogen and oxygen atoms in total. The molecule has 1 amide bonds. The van der Waals surface area contributed by atoms with Crippen LogP contribution < -0.4 is 10.5 Å². The molecule has 0 heterocycles. The second-order valence-corrected chi connectivity index (χ2v) is 11.2. The largest absolute Gasteiger partial charge is 0.507 e. The average Bonchev–Trinajstić information content (AvgIpc) is 2.91. The number of carbonyl (C=O) groups excluding carboxylic acids is 5. The first-order chi connectivity index (χ1) is 19.4. The van der Waals surface area contributed by atoms with E-state index >= 15 is 0 Å². The summed E-state index contributed by atoms with van der Waals surface area (Å²) in [5.41, 5.74) is 3.35. The highest BCUT2D eigenvalue weighted by molar-refractivity contribution is 6.32. The third kappa shape index (κ3) is 4.10. The molecular weight excluding hydrogens is 532 g/mol. The first kappa shape index (κ1) is 28.6. The van der Waals surface area contributed by atoms with Crippen molar-refractivity contribution in [2.45, 2.75) is 37.0 Å². The van der Waals surface area contributed by atoms with E-state index in [0.29, 0.717) is 17.9 Å². The zero-order chi connectivity index (χ0) is 30.0. The Kier molecular flexibility index (Phi) is 7.09. The fourth-order valence-corrected chi connectivity index (χ4v) is 7.15. The number of ether oxygens (including phenoxy) is 1. The number of aromatic hydroxyl groups is 1. The number of amides is 1. The van der Waals surface area contributed by atoms with Gasteiger partial charge in [-0.2, -0.15) is 0 Å². The van der Waals surface area contributed by atoms with Crippen LogP contribution in [0.2, 0.25) is 0 Å². The lowest BCUT2D eigenvalue weighted by molar-refractivity contribution is -0.197. The number of rotatable bonds is 6. The maximum Gasteiger partial charge on any atom is 0.235 e. The number of aliphatic hydroxyl groups is 2. The van der Waals surface area contributed by atoms with E-state index in [2.05, 4.69) is 0 Å². The van der Waals surface area contributed by atoms with Crippen LogP contribution in [0.1, 0.15) is 34.3 Å². The molecule has 2 aromatic rings. The Bertz CT molecular complexity index is 1450. The van der Waals surface area contributed by atoms with Crippen molar-refractivity contribution in [3.63, 3.8) is 0 Å². The van der Waals surface area contributed by atoms with Crippen LogP contribution in [0.15, 0.2) is 42.5 Å². The first-order valence-corrected chi connectivity index (χ1v) is 13.4. The average molecular weight is 565 g/mol.